The molecule has 0 aromatic heterocycles. The van der Waals surface area contributed by atoms with Gasteiger partial charge in [0.05, 0.1) is 5.38 Å². The second-order valence-electron chi connectivity index (χ2n) is 3.75. The molecule has 0 aliphatic heterocycles. The second kappa shape index (κ2) is 6.83. The molecule has 0 aliphatic carbocycles. The van der Waals surface area contributed by atoms with Gasteiger partial charge in [-0.25, -0.2) is 0 Å². The monoisotopic (exact) mass is 276 g/mol. The Balaban J connectivity index is 1.85. The van der Waals surface area contributed by atoms with E-state index in [1.54, 1.807) is 30.3 Å². The molecule has 1 atom stereocenters. The van der Waals surface area contributed by atoms with Gasteiger partial charge in [-0.05, 0) is 29.8 Å². The Morgan fingerprint density at radius 1 is 0.895 bits per heavy atom. The van der Waals surface area contributed by atoms with Crippen molar-refractivity contribution in [3.63, 3.8) is 0 Å². The quantitative estimate of drug-likeness (QED) is 0.337. The summed E-state index contributed by atoms with van der Waals surface area (Å²) in [5.74, 6) is 1.08. The third kappa shape index (κ3) is 4.02. The van der Waals surface area contributed by atoms with Crippen LogP contribution in [0.5, 0.6) is 11.5 Å². The van der Waals surface area contributed by atoms with Crippen molar-refractivity contribution in [3.05, 3.63) is 72.8 Å². The lowest BCUT2D eigenvalue weighted by atomic mass is 10.1. The summed E-state index contributed by atoms with van der Waals surface area (Å²) < 4.78 is 0. The molecule has 2 aromatic rings. The molecule has 3 nitrogen and oxygen atoms in total. The molecule has 0 fully saturated rings. The Kier molecular flexibility index (Phi) is 4.84. The van der Waals surface area contributed by atoms with Gasteiger partial charge in [-0.2, -0.15) is 0 Å². The number of rotatable bonds is 6. The van der Waals surface area contributed by atoms with Crippen LogP contribution in [0.25, 0.3) is 0 Å². The van der Waals surface area contributed by atoms with E-state index in [0.29, 0.717) is 11.5 Å². The van der Waals surface area contributed by atoms with Gasteiger partial charge in [-0.3, -0.25) is 9.78 Å². The molecule has 0 radical (unpaired) electrons. The van der Waals surface area contributed by atoms with E-state index in [-0.39, 0.29) is 5.38 Å². The standard InChI is InChI=1S/C15H13ClO3/c1-2-15(16)12-8-10-14(11-9-12)18-19-17-13-6-4-3-5-7-13/h2-11,15H,1H2. The van der Waals surface area contributed by atoms with Crippen molar-refractivity contribution in [1.29, 1.82) is 0 Å². The van der Waals surface area contributed by atoms with Crippen LogP contribution in [0.15, 0.2) is 67.3 Å². The second-order valence-corrected chi connectivity index (χ2v) is 4.22. The zero-order valence-electron chi connectivity index (χ0n) is 10.2. The highest BCUT2D eigenvalue weighted by Crippen LogP contribution is 2.23. The molecule has 0 aliphatic rings. The molecule has 0 amide bonds. The number of benzene rings is 2. The third-order valence-corrected chi connectivity index (χ3v) is 2.84. The molecule has 0 heterocycles. The van der Waals surface area contributed by atoms with Crippen LogP contribution in [0.3, 0.4) is 0 Å². The lowest BCUT2D eigenvalue weighted by molar-refractivity contribution is -0.411. The smallest absolute Gasteiger partial charge is 0.169 e. The van der Waals surface area contributed by atoms with Crippen molar-refractivity contribution in [2.24, 2.45) is 0 Å². The molecule has 0 spiro atoms. The van der Waals surface area contributed by atoms with Crippen LogP contribution in [0.1, 0.15) is 10.9 Å². The number of halogens is 1. The fourth-order valence-corrected chi connectivity index (χ4v) is 1.56. The summed E-state index contributed by atoms with van der Waals surface area (Å²) in [7, 11) is 0. The summed E-state index contributed by atoms with van der Waals surface area (Å²) >= 11 is 6.01. The van der Waals surface area contributed by atoms with Crippen molar-refractivity contribution in [2.45, 2.75) is 5.38 Å². The summed E-state index contributed by atoms with van der Waals surface area (Å²) in [5.41, 5.74) is 0.938. The molecule has 19 heavy (non-hydrogen) atoms. The Hall–Kier alpha value is -1.97. The minimum atomic E-state index is -0.212. The number of alkyl halides is 1. The molecule has 4 heteroatoms. The van der Waals surface area contributed by atoms with Crippen LogP contribution >= 0.6 is 11.6 Å². The summed E-state index contributed by atoms with van der Waals surface area (Å²) in [6, 6.07) is 16.2. The van der Waals surface area contributed by atoms with Crippen molar-refractivity contribution in [3.8, 4) is 11.5 Å². The Labute approximate surface area is 116 Å². The lowest BCUT2D eigenvalue weighted by Gasteiger charge is -2.06. The van der Waals surface area contributed by atoms with Gasteiger partial charge in [0.2, 0.25) is 0 Å². The van der Waals surface area contributed by atoms with Gasteiger partial charge in [0.1, 0.15) is 0 Å². The van der Waals surface area contributed by atoms with Gasteiger partial charge < -0.3 is 0 Å². The van der Waals surface area contributed by atoms with Gasteiger partial charge >= 0.3 is 0 Å². The molecule has 2 rings (SSSR count). The van der Waals surface area contributed by atoms with Crippen molar-refractivity contribution < 1.29 is 14.8 Å². The van der Waals surface area contributed by atoms with Gasteiger partial charge in [0, 0.05) is 5.04 Å². The predicted octanol–water partition coefficient (Wildman–Crippen LogP) is 4.46. The first-order chi connectivity index (χ1) is 9.29. The zero-order chi connectivity index (χ0) is 13.5. The first-order valence-electron chi connectivity index (χ1n) is 5.72. The van der Waals surface area contributed by atoms with E-state index >= 15 is 0 Å². The Bertz CT molecular complexity index is 511. The van der Waals surface area contributed by atoms with Crippen LogP contribution < -0.4 is 9.78 Å². The number of hydrogen-bond acceptors (Lipinski definition) is 3. The molecular formula is C15H13ClO3. The van der Waals surface area contributed by atoms with Crippen molar-refractivity contribution in [1.82, 2.24) is 0 Å². The zero-order valence-corrected chi connectivity index (χ0v) is 10.9. The Morgan fingerprint density at radius 3 is 2.05 bits per heavy atom. The van der Waals surface area contributed by atoms with Crippen LogP contribution in [-0.4, -0.2) is 0 Å². The van der Waals surface area contributed by atoms with Crippen LogP contribution in [0.2, 0.25) is 0 Å². The highest BCUT2D eigenvalue weighted by atomic mass is 35.5. The molecule has 0 saturated heterocycles. The molecule has 0 saturated carbocycles. The molecule has 2 aromatic carbocycles. The van der Waals surface area contributed by atoms with Gasteiger partial charge in [0.15, 0.2) is 11.5 Å². The van der Waals surface area contributed by atoms with E-state index < -0.39 is 0 Å². The average Bonchev–Trinajstić information content (AvgIpc) is 2.48. The summed E-state index contributed by atoms with van der Waals surface area (Å²) in [6.07, 6.45) is 1.66. The predicted molar refractivity (Wildman–Crippen MR) is 74.0 cm³/mol. The van der Waals surface area contributed by atoms with Gasteiger partial charge in [-0.1, -0.05) is 36.4 Å². The van der Waals surface area contributed by atoms with E-state index in [2.05, 4.69) is 11.6 Å². The van der Waals surface area contributed by atoms with E-state index in [4.69, 9.17) is 21.4 Å². The fraction of sp³-hybridized carbons (Fsp3) is 0.0667. The number of para-hydroxylation sites is 1. The number of hydrogen-bond donors (Lipinski definition) is 0. The summed E-state index contributed by atoms with van der Waals surface area (Å²) in [4.78, 5) is 9.93. The van der Waals surface area contributed by atoms with Gasteiger partial charge in [0.25, 0.3) is 0 Å². The SMILES string of the molecule is C=CC(Cl)c1ccc(OOOc2ccccc2)cc1. The Morgan fingerprint density at radius 2 is 1.47 bits per heavy atom. The largest absolute Gasteiger partial charge is 0.299 e. The first kappa shape index (κ1) is 13.5. The maximum Gasteiger partial charge on any atom is 0.169 e. The maximum atomic E-state index is 6.01. The third-order valence-electron chi connectivity index (χ3n) is 2.41. The highest BCUT2D eigenvalue weighted by molar-refractivity contribution is 6.21. The van der Waals surface area contributed by atoms with E-state index in [1.165, 1.54) is 0 Å². The van der Waals surface area contributed by atoms with E-state index in [1.807, 2.05) is 30.3 Å². The summed E-state index contributed by atoms with van der Waals surface area (Å²) in [5, 5.41) is 4.47. The molecule has 0 N–H and O–H groups in total. The average molecular weight is 277 g/mol. The van der Waals surface area contributed by atoms with E-state index in [0.717, 1.165) is 5.56 Å². The highest BCUT2D eigenvalue weighted by Gasteiger charge is 2.03. The molecule has 1 unspecified atom stereocenters. The fourth-order valence-electron chi connectivity index (χ4n) is 1.41. The molecular weight excluding hydrogens is 264 g/mol. The van der Waals surface area contributed by atoms with E-state index in [9.17, 15) is 0 Å². The summed E-state index contributed by atoms with van der Waals surface area (Å²) in [6.45, 7) is 3.63. The first-order valence-corrected chi connectivity index (χ1v) is 6.16. The van der Waals surface area contributed by atoms with Crippen LogP contribution in [-0.2, 0) is 5.04 Å². The normalized spacial score (nSPS) is 11.6. The minimum Gasteiger partial charge on any atom is -0.299 e. The van der Waals surface area contributed by atoms with Crippen molar-refractivity contribution >= 4 is 11.6 Å². The number of allylic oxidation sites excluding steroid dienone is 1. The maximum absolute atomic E-state index is 6.01. The molecule has 98 valence electrons. The van der Waals surface area contributed by atoms with Crippen LogP contribution in [0, 0.1) is 0 Å². The molecule has 0 bridgehead atoms. The van der Waals surface area contributed by atoms with Gasteiger partial charge in [-0.15, -0.1) is 18.2 Å². The lowest BCUT2D eigenvalue weighted by Crippen LogP contribution is -2.01. The topological polar surface area (TPSA) is 27.7 Å². The van der Waals surface area contributed by atoms with Crippen molar-refractivity contribution in [2.75, 3.05) is 0 Å². The minimum absolute atomic E-state index is 0.212. The van der Waals surface area contributed by atoms with Crippen LogP contribution in [0.4, 0.5) is 0 Å².